The van der Waals surface area contributed by atoms with Gasteiger partial charge < -0.3 is 20.4 Å². The molecule has 0 aromatic carbocycles. The number of carbonyl (C=O) groups is 1. The van der Waals surface area contributed by atoms with Crippen LogP contribution in [0.1, 0.15) is 71.6 Å². The largest absolute Gasteiger partial charge is 0.481 e. The van der Waals surface area contributed by atoms with E-state index < -0.39 is 23.8 Å². The fourth-order valence-corrected chi connectivity index (χ4v) is 3.58. The summed E-state index contributed by atoms with van der Waals surface area (Å²) in [5, 5.41) is 39.6. The summed E-state index contributed by atoms with van der Waals surface area (Å²) in [6, 6.07) is 0. The Labute approximate surface area is 157 Å². The lowest BCUT2D eigenvalue weighted by Crippen LogP contribution is -2.24. The van der Waals surface area contributed by atoms with Crippen LogP contribution in [0.15, 0.2) is 24.3 Å². The van der Waals surface area contributed by atoms with E-state index in [9.17, 15) is 20.1 Å². The zero-order chi connectivity index (χ0) is 19.6. The molecule has 1 aliphatic carbocycles. The summed E-state index contributed by atoms with van der Waals surface area (Å²) in [7, 11) is 0. The van der Waals surface area contributed by atoms with Gasteiger partial charge >= 0.3 is 5.97 Å². The molecule has 0 amide bonds. The van der Waals surface area contributed by atoms with Crippen LogP contribution in [0.2, 0.25) is 0 Å². The molecule has 5 nitrogen and oxygen atoms in total. The molecule has 0 radical (unpaired) electrons. The van der Waals surface area contributed by atoms with Crippen molar-refractivity contribution >= 4 is 5.97 Å². The Balaban J connectivity index is 2.56. The van der Waals surface area contributed by atoms with Gasteiger partial charge in [-0.2, -0.15) is 0 Å². The third-order valence-corrected chi connectivity index (χ3v) is 5.22. The predicted molar refractivity (Wildman–Crippen MR) is 103 cm³/mol. The second-order valence-corrected chi connectivity index (χ2v) is 7.78. The maximum atomic E-state index is 10.5. The van der Waals surface area contributed by atoms with Gasteiger partial charge in [0.15, 0.2) is 0 Å². The van der Waals surface area contributed by atoms with Crippen LogP contribution in [-0.2, 0) is 4.79 Å². The molecule has 150 valence electrons. The molecule has 1 fully saturated rings. The van der Waals surface area contributed by atoms with Crippen LogP contribution in [0.25, 0.3) is 0 Å². The fourth-order valence-electron chi connectivity index (χ4n) is 3.58. The Kier molecular flexibility index (Phi) is 10.1. The molecule has 1 saturated carbocycles. The first-order chi connectivity index (χ1) is 12.3. The summed E-state index contributed by atoms with van der Waals surface area (Å²) in [4.78, 5) is 10.5. The van der Waals surface area contributed by atoms with Gasteiger partial charge in [-0.15, -0.1) is 0 Å². The van der Waals surface area contributed by atoms with Crippen molar-refractivity contribution in [3.8, 4) is 0 Å². The highest BCUT2D eigenvalue weighted by Gasteiger charge is 2.39. The van der Waals surface area contributed by atoms with E-state index in [1.54, 1.807) is 13.0 Å². The molecule has 5 atom stereocenters. The van der Waals surface area contributed by atoms with Crippen molar-refractivity contribution in [3.63, 3.8) is 0 Å². The molecule has 0 heterocycles. The normalized spacial score (nSPS) is 28.8. The summed E-state index contributed by atoms with van der Waals surface area (Å²) in [6.45, 7) is 3.91. The highest BCUT2D eigenvalue weighted by Crippen LogP contribution is 2.37. The average Bonchev–Trinajstić information content (AvgIpc) is 2.82. The second-order valence-electron chi connectivity index (χ2n) is 7.78. The van der Waals surface area contributed by atoms with Crippen molar-refractivity contribution in [1.29, 1.82) is 0 Å². The van der Waals surface area contributed by atoms with Crippen LogP contribution in [0.3, 0.4) is 0 Å². The third kappa shape index (κ3) is 8.47. The van der Waals surface area contributed by atoms with E-state index in [0.717, 1.165) is 19.3 Å². The van der Waals surface area contributed by atoms with Crippen molar-refractivity contribution in [2.45, 2.75) is 89.4 Å². The zero-order valence-electron chi connectivity index (χ0n) is 16.2. The van der Waals surface area contributed by atoms with Crippen LogP contribution in [0.5, 0.6) is 0 Å². The highest BCUT2D eigenvalue weighted by atomic mass is 16.4. The predicted octanol–water partition coefficient (Wildman–Crippen LogP) is 3.43. The van der Waals surface area contributed by atoms with E-state index >= 15 is 0 Å². The molecular formula is C21H36O5. The van der Waals surface area contributed by atoms with Gasteiger partial charge in [-0.1, -0.05) is 50.5 Å². The topological polar surface area (TPSA) is 98.0 Å². The molecule has 0 spiro atoms. The SMILES string of the molecule is CCCCC[C@@](C)(O)/C=C\[C@@H]1[C@@H](C/C=C/CCCC(=O)O)[C@@H](O)C[C@H]1O. The van der Waals surface area contributed by atoms with Crippen LogP contribution in [0.4, 0.5) is 0 Å². The Morgan fingerprint density at radius 1 is 1.15 bits per heavy atom. The molecule has 0 aromatic rings. The smallest absolute Gasteiger partial charge is 0.303 e. The lowest BCUT2D eigenvalue weighted by Gasteiger charge is -2.23. The lowest BCUT2D eigenvalue weighted by atomic mass is 9.88. The summed E-state index contributed by atoms with van der Waals surface area (Å²) in [5.41, 5.74) is -0.889. The van der Waals surface area contributed by atoms with E-state index in [4.69, 9.17) is 5.11 Å². The Hall–Kier alpha value is -1.17. The number of allylic oxidation sites excluding steroid dienone is 2. The Morgan fingerprint density at radius 2 is 1.88 bits per heavy atom. The van der Waals surface area contributed by atoms with E-state index in [1.807, 2.05) is 18.2 Å². The molecule has 0 saturated heterocycles. The number of carboxylic acid groups (broad SMARTS) is 1. The highest BCUT2D eigenvalue weighted by molar-refractivity contribution is 5.66. The minimum atomic E-state index is -0.889. The monoisotopic (exact) mass is 368 g/mol. The molecule has 0 bridgehead atoms. The van der Waals surface area contributed by atoms with Crippen molar-refractivity contribution in [2.24, 2.45) is 11.8 Å². The average molecular weight is 369 g/mol. The van der Waals surface area contributed by atoms with Crippen LogP contribution in [-0.4, -0.2) is 44.2 Å². The van der Waals surface area contributed by atoms with E-state index in [1.165, 1.54) is 0 Å². The third-order valence-electron chi connectivity index (χ3n) is 5.22. The number of aliphatic carboxylic acids is 1. The summed E-state index contributed by atoms with van der Waals surface area (Å²) >= 11 is 0. The van der Waals surface area contributed by atoms with Gasteiger partial charge in [-0.3, -0.25) is 4.79 Å². The van der Waals surface area contributed by atoms with Gasteiger partial charge in [0.1, 0.15) is 0 Å². The number of aliphatic hydroxyl groups excluding tert-OH is 2. The van der Waals surface area contributed by atoms with Crippen molar-refractivity contribution < 1.29 is 25.2 Å². The molecule has 26 heavy (non-hydrogen) atoms. The van der Waals surface area contributed by atoms with Gasteiger partial charge in [-0.25, -0.2) is 0 Å². The summed E-state index contributed by atoms with van der Waals surface area (Å²) in [5.74, 6) is -1.04. The lowest BCUT2D eigenvalue weighted by molar-refractivity contribution is -0.137. The zero-order valence-corrected chi connectivity index (χ0v) is 16.2. The second kappa shape index (κ2) is 11.5. The van der Waals surface area contributed by atoms with E-state index in [0.29, 0.717) is 32.1 Å². The molecule has 4 N–H and O–H groups in total. The van der Waals surface area contributed by atoms with Crippen LogP contribution >= 0.6 is 0 Å². The van der Waals surface area contributed by atoms with Crippen LogP contribution in [0, 0.1) is 11.8 Å². The number of hydrogen-bond acceptors (Lipinski definition) is 4. The van der Waals surface area contributed by atoms with Gasteiger partial charge in [0.2, 0.25) is 0 Å². The number of hydrogen-bond donors (Lipinski definition) is 4. The molecule has 0 unspecified atom stereocenters. The van der Waals surface area contributed by atoms with Gasteiger partial charge in [0.25, 0.3) is 0 Å². The molecular weight excluding hydrogens is 332 g/mol. The summed E-state index contributed by atoms with van der Waals surface area (Å²) < 4.78 is 0. The number of rotatable bonds is 12. The molecule has 0 aromatic heterocycles. The Bertz CT molecular complexity index is 469. The Morgan fingerprint density at radius 3 is 2.54 bits per heavy atom. The first kappa shape index (κ1) is 22.9. The maximum absolute atomic E-state index is 10.5. The molecule has 0 aliphatic heterocycles. The van der Waals surface area contributed by atoms with Gasteiger partial charge in [-0.05, 0) is 38.5 Å². The summed E-state index contributed by atoms with van der Waals surface area (Å²) in [6.07, 6.45) is 12.7. The molecule has 1 aliphatic rings. The molecule has 1 rings (SSSR count). The fraction of sp³-hybridized carbons (Fsp3) is 0.762. The number of carboxylic acids is 1. The van der Waals surface area contributed by atoms with Crippen molar-refractivity contribution in [1.82, 2.24) is 0 Å². The van der Waals surface area contributed by atoms with Gasteiger partial charge in [0, 0.05) is 18.8 Å². The molecule has 5 heteroatoms. The number of unbranched alkanes of at least 4 members (excludes halogenated alkanes) is 3. The minimum Gasteiger partial charge on any atom is -0.481 e. The van der Waals surface area contributed by atoms with E-state index in [2.05, 4.69) is 6.92 Å². The van der Waals surface area contributed by atoms with Crippen molar-refractivity contribution in [2.75, 3.05) is 0 Å². The quantitative estimate of drug-likeness (QED) is 0.312. The van der Waals surface area contributed by atoms with Crippen molar-refractivity contribution in [3.05, 3.63) is 24.3 Å². The van der Waals surface area contributed by atoms with Crippen LogP contribution < -0.4 is 0 Å². The number of aliphatic hydroxyl groups is 3. The standard InChI is InChI=1S/C21H36O5/c1-3-4-9-13-21(2,26)14-12-17-16(18(22)15-19(17)23)10-7-5-6-8-11-20(24)25/h5,7,12,14,16-19,22-23,26H,3-4,6,8-11,13,15H2,1-2H3,(H,24,25)/b7-5+,14-12-/t16-,17-,18+,19-,21-/m1/s1. The maximum Gasteiger partial charge on any atom is 0.303 e. The first-order valence-electron chi connectivity index (χ1n) is 9.91. The minimum absolute atomic E-state index is 0.0802. The van der Waals surface area contributed by atoms with Gasteiger partial charge in [0.05, 0.1) is 17.8 Å². The first-order valence-corrected chi connectivity index (χ1v) is 9.91. The van der Waals surface area contributed by atoms with E-state index in [-0.39, 0.29) is 18.3 Å².